The minimum atomic E-state index is 0.363. The molecular weight excluding hydrogens is 232 g/mol. The molecule has 2 fully saturated rings. The highest BCUT2D eigenvalue weighted by Gasteiger charge is 2.59. The Morgan fingerprint density at radius 1 is 1.26 bits per heavy atom. The van der Waals surface area contributed by atoms with Crippen LogP contribution in [0.2, 0.25) is 0 Å². The molecule has 2 nitrogen and oxygen atoms in total. The van der Waals surface area contributed by atoms with Crippen LogP contribution in [0.3, 0.4) is 0 Å². The second-order valence-electron chi connectivity index (χ2n) is 7.53. The standard InChI is InChI=1S/C17H26N2/c1-11-6-5-7-13(18)14(11)19-15-16(2,3)12-8-9-17(15,4)10-12/h5-7,12,15,19H,8-10,18H2,1-4H3. The molecule has 3 rings (SSSR count). The number of nitrogens with two attached hydrogens (primary N) is 1. The molecule has 0 amide bonds. The molecule has 2 aliphatic rings. The summed E-state index contributed by atoms with van der Waals surface area (Å²) in [7, 11) is 0. The van der Waals surface area contributed by atoms with Gasteiger partial charge in [-0.2, -0.15) is 0 Å². The van der Waals surface area contributed by atoms with Gasteiger partial charge in [0.05, 0.1) is 11.4 Å². The Bertz CT molecular complexity index is 481. The first-order valence-corrected chi connectivity index (χ1v) is 7.46. The molecule has 3 atom stereocenters. The highest BCUT2D eigenvalue weighted by Crippen LogP contribution is 2.63. The quantitative estimate of drug-likeness (QED) is 0.780. The van der Waals surface area contributed by atoms with Gasteiger partial charge in [-0.05, 0) is 54.6 Å². The van der Waals surface area contributed by atoms with Crippen LogP contribution < -0.4 is 11.1 Å². The van der Waals surface area contributed by atoms with E-state index in [4.69, 9.17) is 5.73 Å². The fourth-order valence-corrected chi connectivity index (χ4v) is 4.69. The van der Waals surface area contributed by atoms with Crippen molar-refractivity contribution in [3.63, 3.8) is 0 Å². The van der Waals surface area contributed by atoms with Crippen LogP contribution in [0, 0.1) is 23.7 Å². The van der Waals surface area contributed by atoms with Crippen LogP contribution in [0.1, 0.15) is 45.6 Å². The highest BCUT2D eigenvalue weighted by atomic mass is 15.0. The molecule has 0 spiro atoms. The Balaban J connectivity index is 1.95. The number of para-hydroxylation sites is 1. The van der Waals surface area contributed by atoms with Crippen LogP contribution in [-0.4, -0.2) is 6.04 Å². The van der Waals surface area contributed by atoms with E-state index in [0.717, 1.165) is 17.3 Å². The molecule has 3 unspecified atom stereocenters. The second-order valence-corrected chi connectivity index (χ2v) is 7.53. The van der Waals surface area contributed by atoms with Crippen molar-refractivity contribution in [1.29, 1.82) is 0 Å². The van der Waals surface area contributed by atoms with Crippen molar-refractivity contribution >= 4 is 11.4 Å². The van der Waals surface area contributed by atoms with E-state index < -0.39 is 0 Å². The van der Waals surface area contributed by atoms with E-state index in [1.165, 1.54) is 24.8 Å². The zero-order valence-corrected chi connectivity index (χ0v) is 12.6. The van der Waals surface area contributed by atoms with E-state index in [1.54, 1.807) is 0 Å². The first-order chi connectivity index (χ1) is 8.84. The Hall–Kier alpha value is -1.18. The number of anilines is 2. The van der Waals surface area contributed by atoms with E-state index in [0.29, 0.717) is 16.9 Å². The molecule has 19 heavy (non-hydrogen) atoms. The van der Waals surface area contributed by atoms with E-state index in [1.807, 2.05) is 12.1 Å². The predicted octanol–water partition coefficient (Wildman–Crippen LogP) is 4.20. The van der Waals surface area contributed by atoms with Gasteiger partial charge in [-0.1, -0.05) is 32.9 Å². The molecule has 3 N–H and O–H groups in total. The molecule has 1 aromatic carbocycles. The molecule has 2 bridgehead atoms. The molecule has 104 valence electrons. The van der Waals surface area contributed by atoms with Crippen molar-refractivity contribution < 1.29 is 0 Å². The maximum atomic E-state index is 6.17. The van der Waals surface area contributed by atoms with E-state index in [-0.39, 0.29) is 0 Å². The third-order valence-electron chi connectivity index (χ3n) is 5.86. The zero-order chi connectivity index (χ0) is 13.8. The minimum absolute atomic E-state index is 0.363. The van der Waals surface area contributed by atoms with Gasteiger partial charge in [0, 0.05) is 6.04 Å². The molecular formula is C17H26N2. The summed E-state index contributed by atoms with van der Waals surface area (Å²) in [6, 6.07) is 6.70. The summed E-state index contributed by atoms with van der Waals surface area (Å²) < 4.78 is 0. The molecule has 0 aliphatic heterocycles. The third-order valence-corrected chi connectivity index (χ3v) is 5.86. The molecule has 2 aliphatic carbocycles. The average molecular weight is 258 g/mol. The van der Waals surface area contributed by atoms with Crippen molar-refractivity contribution in [3.05, 3.63) is 23.8 Å². The molecule has 2 heteroatoms. The first-order valence-electron chi connectivity index (χ1n) is 7.46. The first kappa shape index (κ1) is 12.8. The van der Waals surface area contributed by atoms with Crippen molar-refractivity contribution in [2.75, 3.05) is 11.1 Å². The highest BCUT2D eigenvalue weighted by molar-refractivity contribution is 5.70. The maximum absolute atomic E-state index is 6.17. The largest absolute Gasteiger partial charge is 0.397 e. The van der Waals surface area contributed by atoms with Gasteiger partial charge in [0.15, 0.2) is 0 Å². The van der Waals surface area contributed by atoms with Gasteiger partial charge < -0.3 is 11.1 Å². The van der Waals surface area contributed by atoms with Crippen LogP contribution in [0.25, 0.3) is 0 Å². The predicted molar refractivity (Wildman–Crippen MR) is 82.2 cm³/mol. The minimum Gasteiger partial charge on any atom is -0.397 e. The lowest BCUT2D eigenvalue weighted by atomic mass is 9.68. The van der Waals surface area contributed by atoms with Crippen LogP contribution in [-0.2, 0) is 0 Å². The van der Waals surface area contributed by atoms with Crippen LogP contribution in [0.4, 0.5) is 11.4 Å². The van der Waals surface area contributed by atoms with Crippen molar-refractivity contribution in [1.82, 2.24) is 0 Å². The summed E-state index contributed by atoms with van der Waals surface area (Å²) in [5.74, 6) is 0.861. The summed E-state index contributed by atoms with van der Waals surface area (Å²) in [4.78, 5) is 0. The van der Waals surface area contributed by atoms with Crippen molar-refractivity contribution in [2.24, 2.45) is 16.7 Å². The van der Waals surface area contributed by atoms with Crippen LogP contribution >= 0.6 is 0 Å². The van der Waals surface area contributed by atoms with Crippen molar-refractivity contribution in [2.45, 2.75) is 53.0 Å². The summed E-state index contributed by atoms with van der Waals surface area (Å²) in [5.41, 5.74) is 10.2. The van der Waals surface area contributed by atoms with Crippen LogP contribution in [0.5, 0.6) is 0 Å². The Kier molecular flexibility index (Phi) is 2.64. The van der Waals surface area contributed by atoms with Gasteiger partial charge in [0.25, 0.3) is 0 Å². The Morgan fingerprint density at radius 2 is 2.00 bits per heavy atom. The number of rotatable bonds is 2. The Morgan fingerprint density at radius 3 is 2.58 bits per heavy atom. The number of aryl methyl sites for hydroxylation is 1. The number of nitrogen functional groups attached to an aromatic ring is 1. The summed E-state index contributed by atoms with van der Waals surface area (Å²) in [6.07, 6.45) is 4.11. The van der Waals surface area contributed by atoms with E-state index in [2.05, 4.69) is 39.1 Å². The van der Waals surface area contributed by atoms with E-state index >= 15 is 0 Å². The number of benzene rings is 1. The fraction of sp³-hybridized carbons (Fsp3) is 0.647. The topological polar surface area (TPSA) is 38.0 Å². The van der Waals surface area contributed by atoms with Crippen LogP contribution in [0.15, 0.2) is 18.2 Å². The average Bonchev–Trinajstić information content (AvgIpc) is 2.78. The number of nitrogens with one attached hydrogen (secondary N) is 1. The molecule has 2 saturated carbocycles. The van der Waals surface area contributed by atoms with Gasteiger partial charge in [-0.15, -0.1) is 0 Å². The summed E-state index contributed by atoms with van der Waals surface area (Å²) in [5, 5.41) is 3.81. The molecule has 0 heterocycles. The Labute approximate surface area is 116 Å². The molecule has 1 aromatic rings. The van der Waals surface area contributed by atoms with Crippen molar-refractivity contribution in [3.8, 4) is 0 Å². The van der Waals surface area contributed by atoms with Gasteiger partial charge in [0.2, 0.25) is 0 Å². The second kappa shape index (κ2) is 3.91. The number of hydrogen-bond acceptors (Lipinski definition) is 2. The fourth-order valence-electron chi connectivity index (χ4n) is 4.69. The lowest BCUT2D eigenvalue weighted by Gasteiger charge is -2.44. The SMILES string of the molecule is Cc1cccc(N)c1NC1C2(C)CCC(C2)C1(C)C. The monoisotopic (exact) mass is 258 g/mol. The van der Waals surface area contributed by atoms with Gasteiger partial charge in [-0.25, -0.2) is 0 Å². The number of hydrogen-bond donors (Lipinski definition) is 2. The molecule has 0 saturated heterocycles. The normalized spacial score (nSPS) is 35.6. The maximum Gasteiger partial charge on any atom is 0.0606 e. The molecule has 0 radical (unpaired) electrons. The zero-order valence-electron chi connectivity index (χ0n) is 12.6. The molecule has 0 aromatic heterocycles. The summed E-state index contributed by atoms with van der Waals surface area (Å²) in [6.45, 7) is 9.44. The smallest absolute Gasteiger partial charge is 0.0606 e. The van der Waals surface area contributed by atoms with Gasteiger partial charge >= 0.3 is 0 Å². The lowest BCUT2D eigenvalue weighted by Crippen LogP contribution is -2.46. The van der Waals surface area contributed by atoms with Gasteiger partial charge in [0.1, 0.15) is 0 Å². The number of fused-ring (bicyclic) bond motifs is 2. The van der Waals surface area contributed by atoms with Gasteiger partial charge in [-0.3, -0.25) is 0 Å². The lowest BCUT2D eigenvalue weighted by molar-refractivity contribution is 0.155. The summed E-state index contributed by atoms with van der Waals surface area (Å²) >= 11 is 0. The third kappa shape index (κ3) is 1.76. The van der Waals surface area contributed by atoms with E-state index in [9.17, 15) is 0 Å².